The summed E-state index contributed by atoms with van der Waals surface area (Å²) >= 11 is 0. The lowest BCUT2D eigenvalue weighted by molar-refractivity contribution is 0.0654. The normalized spacial score (nSPS) is 26.1. The minimum absolute atomic E-state index is 0.157. The number of carbonyl (C=O) groups is 1. The standard InChI is InChI=1S/C24H32FN5O2/c1-16-19(14-26-20(27-16)22(2,3)32)30-15-23(28-21(30)31)9-11-24(12-10-23,29(4)5)17-7-6-8-18(25)13-17/h6-8,13-14,32H,9-12,15H2,1-5H3,(H,28,31). The van der Waals surface area contributed by atoms with Crippen molar-refractivity contribution in [1.82, 2.24) is 20.2 Å². The highest BCUT2D eigenvalue weighted by atomic mass is 19.1. The fourth-order valence-electron chi connectivity index (χ4n) is 5.12. The number of hydrogen-bond donors (Lipinski definition) is 2. The Hall–Kier alpha value is -2.58. The fourth-order valence-corrected chi connectivity index (χ4v) is 5.12. The molecule has 2 amide bonds. The summed E-state index contributed by atoms with van der Waals surface area (Å²) in [7, 11) is 4.07. The number of nitrogens with one attached hydrogen (secondary N) is 1. The van der Waals surface area contributed by atoms with Crippen molar-refractivity contribution in [3.05, 3.63) is 53.4 Å². The Morgan fingerprint density at radius 3 is 2.47 bits per heavy atom. The van der Waals surface area contributed by atoms with Gasteiger partial charge in [0.05, 0.1) is 29.7 Å². The predicted octanol–water partition coefficient (Wildman–Crippen LogP) is 3.45. The summed E-state index contributed by atoms with van der Waals surface area (Å²) in [6.07, 6.45) is 4.81. The molecule has 2 heterocycles. The molecule has 172 valence electrons. The molecule has 8 heteroatoms. The number of carbonyl (C=O) groups excluding carboxylic acids is 1. The number of hydrogen-bond acceptors (Lipinski definition) is 5. The highest BCUT2D eigenvalue weighted by Crippen LogP contribution is 2.46. The van der Waals surface area contributed by atoms with E-state index in [0.717, 1.165) is 31.2 Å². The number of benzene rings is 1. The van der Waals surface area contributed by atoms with Gasteiger partial charge in [0.2, 0.25) is 0 Å². The van der Waals surface area contributed by atoms with Crippen LogP contribution < -0.4 is 10.2 Å². The van der Waals surface area contributed by atoms with Gasteiger partial charge in [-0.15, -0.1) is 0 Å². The molecular formula is C24H32FN5O2. The van der Waals surface area contributed by atoms with Crippen LogP contribution in [0, 0.1) is 12.7 Å². The molecular weight excluding hydrogens is 409 g/mol. The molecule has 1 aliphatic carbocycles. The molecule has 1 aromatic heterocycles. The van der Waals surface area contributed by atoms with Crippen molar-refractivity contribution in [2.45, 2.75) is 63.1 Å². The molecule has 2 N–H and O–H groups in total. The average molecular weight is 442 g/mol. The fraction of sp³-hybridized carbons (Fsp3) is 0.542. The lowest BCUT2D eigenvalue weighted by atomic mass is 9.69. The number of aliphatic hydroxyl groups is 1. The van der Waals surface area contributed by atoms with Gasteiger partial charge in [0.15, 0.2) is 5.82 Å². The molecule has 0 bridgehead atoms. The van der Waals surface area contributed by atoms with E-state index in [-0.39, 0.29) is 22.9 Å². The molecule has 2 aliphatic rings. The molecule has 1 aliphatic heterocycles. The number of rotatable bonds is 4. The molecule has 4 rings (SSSR count). The van der Waals surface area contributed by atoms with Crippen LogP contribution in [0.2, 0.25) is 0 Å². The maximum atomic E-state index is 14.0. The van der Waals surface area contributed by atoms with Crippen molar-refractivity contribution in [2.75, 3.05) is 25.5 Å². The van der Waals surface area contributed by atoms with Gasteiger partial charge >= 0.3 is 6.03 Å². The van der Waals surface area contributed by atoms with E-state index >= 15 is 0 Å². The zero-order valence-electron chi connectivity index (χ0n) is 19.4. The minimum Gasteiger partial charge on any atom is -0.382 e. The highest BCUT2D eigenvalue weighted by Gasteiger charge is 2.50. The first-order chi connectivity index (χ1) is 15.0. The second kappa shape index (κ2) is 7.78. The van der Waals surface area contributed by atoms with Crippen molar-refractivity contribution in [2.24, 2.45) is 0 Å². The zero-order chi connectivity index (χ0) is 23.3. The first kappa shape index (κ1) is 22.6. The largest absolute Gasteiger partial charge is 0.382 e. The van der Waals surface area contributed by atoms with E-state index in [0.29, 0.717) is 23.8 Å². The molecule has 1 saturated carbocycles. The summed E-state index contributed by atoms with van der Waals surface area (Å²) in [5.74, 6) is 0.103. The molecule has 0 unspecified atom stereocenters. The Bertz CT molecular complexity index is 1030. The first-order valence-electron chi connectivity index (χ1n) is 11.1. The van der Waals surface area contributed by atoms with Gasteiger partial charge in [-0.25, -0.2) is 19.2 Å². The van der Waals surface area contributed by atoms with Crippen LogP contribution in [0.25, 0.3) is 0 Å². The van der Waals surface area contributed by atoms with Gasteiger partial charge in [-0.3, -0.25) is 9.80 Å². The van der Waals surface area contributed by atoms with Gasteiger partial charge in [0, 0.05) is 5.54 Å². The molecule has 7 nitrogen and oxygen atoms in total. The maximum absolute atomic E-state index is 14.0. The monoisotopic (exact) mass is 441 g/mol. The SMILES string of the molecule is Cc1nc(C(C)(C)O)ncc1N1CC2(CCC(c3cccc(F)c3)(N(C)C)CC2)NC1=O. The smallest absolute Gasteiger partial charge is 0.322 e. The van der Waals surface area contributed by atoms with Crippen molar-refractivity contribution >= 4 is 11.7 Å². The number of anilines is 1. The van der Waals surface area contributed by atoms with Crippen LogP contribution in [0.3, 0.4) is 0 Å². The lowest BCUT2D eigenvalue weighted by Gasteiger charge is -2.48. The van der Waals surface area contributed by atoms with Crippen LogP contribution in [0.4, 0.5) is 14.9 Å². The average Bonchev–Trinajstić information content (AvgIpc) is 3.03. The second-order valence-electron chi connectivity index (χ2n) is 9.96. The van der Waals surface area contributed by atoms with Crippen LogP contribution in [0.15, 0.2) is 30.5 Å². The Morgan fingerprint density at radius 1 is 1.22 bits per heavy atom. The number of aryl methyl sites for hydroxylation is 1. The van der Waals surface area contributed by atoms with Gasteiger partial charge in [0.1, 0.15) is 11.4 Å². The number of amides is 2. The van der Waals surface area contributed by atoms with E-state index in [1.54, 1.807) is 37.1 Å². The van der Waals surface area contributed by atoms with E-state index in [1.807, 2.05) is 27.1 Å². The Morgan fingerprint density at radius 2 is 1.91 bits per heavy atom. The zero-order valence-corrected chi connectivity index (χ0v) is 19.4. The van der Waals surface area contributed by atoms with Gasteiger partial charge in [0.25, 0.3) is 0 Å². The summed E-state index contributed by atoms with van der Waals surface area (Å²) in [6, 6.07) is 6.70. The van der Waals surface area contributed by atoms with E-state index < -0.39 is 5.60 Å². The van der Waals surface area contributed by atoms with E-state index in [9.17, 15) is 14.3 Å². The molecule has 1 saturated heterocycles. The summed E-state index contributed by atoms with van der Waals surface area (Å²) < 4.78 is 14.0. The van der Waals surface area contributed by atoms with Crippen LogP contribution in [0.1, 0.15) is 56.6 Å². The number of aromatic nitrogens is 2. The third-order valence-electron chi connectivity index (χ3n) is 7.12. The van der Waals surface area contributed by atoms with Crippen molar-refractivity contribution in [3.63, 3.8) is 0 Å². The van der Waals surface area contributed by atoms with Gasteiger partial charge in [-0.1, -0.05) is 12.1 Å². The minimum atomic E-state index is -1.15. The quantitative estimate of drug-likeness (QED) is 0.760. The third-order valence-corrected chi connectivity index (χ3v) is 7.12. The topological polar surface area (TPSA) is 81.6 Å². The number of halogens is 1. The van der Waals surface area contributed by atoms with Crippen LogP contribution in [-0.4, -0.2) is 52.2 Å². The summed E-state index contributed by atoms with van der Waals surface area (Å²) in [5.41, 5.74) is 0.534. The lowest BCUT2D eigenvalue weighted by Crippen LogP contribution is -2.54. The number of nitrogens with zero attached hydrogens (tertiary/aromatic N) is 4. The highest BCUT2D eigenvalue weighted by molar-refractivity contribution is 5.95. The van der Waals surface area contributed by atoms with Crippen LogP contribution >= 0.6 is 0 Å². The first-order valence-corrected chi connectivity index (χ1v) is 11.1. The summed E-state index contributed by atoms with van der Waals surface area (Å²) in [5, 5.41) is 13.4. The second-order valence-corrected chi connectivity index (χ2v) is 9.96. The molecule has 0 radical (unpaired) electrons. The predicted molar refractivity (Wildman–Crippen MR) is 121 cm³/mol. The van der Waals surface area contributed by atoms with E-state index in [1.165, 1.54) is 6.07 Å². The summed E-state index contributed by atoms with van der Waals surface area (Å²) in [6.45, 7) is 5.63. The Kier molecular flexibility index (Phi) is 5.49. The molecule has 1 aromatic carbocycles. The number of urea groups is 1. The third kappa shape index (κ3) is 3.86. The molecule has 2 aromatic rings. The Labute approximate surface area is 188 Å². The van der Waals surface area contributed by atoms with E-state index in [4.69, 9.17) is 0 Å². The molecule has 1 spiro atoms. The van der Waals surface area contributed by atoms with Crippen molar-refractivity contribution in [1.29, 1.82) is 0 Å². The van der Waals surface area contributed by atoms with Crippen molar-refractivity contribution in [3.8, 4) is 0 Å². The van der Waals surface area contributed by atoms with Crippen LogP contribution in [-0.2, 0) is 11.1 Å². The van der Waals surface area contributed by atoms with Crippen LogP contribution in [0.5, 0.6) is 0 Å². The maximum Gasteiger partial charge on any atom is 0.322 e. The summed E-state index contributed by atoms with van der Waals surface area (Å²) in [4.78, 5) is 25.5. The molecule has 0 atom stereocenters. The Balaban J connectivity index is 1.56. The van der Waals surface area contributed by atoms with Crippen molar-refractivity contribution < 1.29 is 14.3 Å². The van der Waals surface area contributed by atoms with E-state index in [2.05, 4.69) is 20.2 Å². The van der Waals surface area contributed by atoms with Gasteiger partial charge in [-0.2, -0.15) is 0 Å². The molecule has 32 heavy (non-hydrogen) atoms. The van der Waals surface area contributed by atoms with Gasteiger partial charge < -0.3 is 10.4 Å². The molecule has 2 fully saturated rings. The van der Waals surface area contributed by atoms with Gasteiger partial charge in [-0.05, 0) is 78.2 Å².